The fourth-order valence-electron chi connectivity index (χ4n) is 4.90. The van der Waals surface area contributed by atoms with Gasteiger partial charge in [-0.05, 0) is 56.1 Å². The normalized spacial score (nSPS) is 17.4. The minimum atomic E-state index is -0.693. The van der Waals surface area contributed by atoms with Crippen molar-refractivity contribution in [3.63, 3.8) is 0 Å². The molecule has 2 N–H and O–H groups in total. The smallest absolute Gasteiger partial charge is 0.313 e. The molecule has 0 saturated carbocycles. The van der Waals surface area contributed by atoms with Gasteiger partial charge in [-0.15, -0.1) is 0 Å². The number of piperazine rings is 1. The second kappa shape index (κ2) is 11.6. The fourth-order valence-corrected chi connectivity index (χ4v) is 4.90. The zero-order valence-corrected chi connectivity index (χ0v) is 21.0. The van der Waals surface area contributed by atoms with Crippen molar-refractivity contribution in [1.29, 1.82) is 0 Å². The zero-order valence-electron chi connectivity index (χ0n) is 21.0. The fraction of sp³-hybridized carbons (Fsp3) is 0.481. The standard InChI is InChI=1S/C27H37N5O3/c1-4-35-25-10-6-5-9-22(25)29-27(34)26(33)28-19-24(32-16-14-30(2)15-17-32)21-11-12-23-20(18-21)8-7-13-31(23)3/h5-6,9-12,18,24H,4,7-8,13-17,19H2,1-3H3,(H,28,33)(H,29,34)/t24-/m1/s1. The molecule has 2 aliphatic heterocycles. The first-order valence-corrected chi connectivity index (χ1v) is 12.5. The van der Waals surface area contributed by atoms with E-state index < -0.39 is 11.8 Å². The van der Waals surface area contributed by atoms with Gasteiger partial charge in [0.15, 0.2) is 0 Å². The third-order valence-electron chi connectivity index (χ3n) is 6.92. The molecule has 4 rings (SSSR count). The summed E-state index contributed by atoms with van der Waals surface area (Å²) in [7, 11) is 4.27. The number of ether oxygens (including phenoxy) is 1. The summed E-state index contributed by atoms with van der Waals surface area (Å²) >= 11 is 0. The maximum atomic E-state index is 12.8. The van der Waals surface area contributed by atoms with Crippen LogP contribution in [0.5, 0.6) is 5.75 Å². The molecule has 0 aromatic heterocycles. The predicted molar refractivity (Wildman–Crippen MR) is 139 cm³/mol. The maximum Gasteiger partial charge on any atom is 0.313 e. The molecule has 188 valence electrons. The molecule has 35 heavy (non-hydrogen) atoms. The monoisotopic (exact) mass is 479 g/mol. The first-order valence-electron chi connectivity index (χ1n) is 12.5. The lowest BCUT2D eigenvalue weighted by Gasteiger charge is -2.39. The zero-order chi connectivity index (χ0) is 24.8. The van der Waals surface area contributed by atoms with E-state index in [9.17, 15) is 9.59 Å². The van der Waals surface area contributed by atoms with Crippen molar-refractivity contribution in [3.8, 4) is 5.75 Å². The molecular formula is C27H37N5O3. The van der Waals surface area contributed by atoms with E-state index in [-0.39, 0.29) is 6.04 Å². The van der Waals surface area contributed by atoms with Gasteiger partial charge < -0.3 is 25.2 Å². The lowest BCUT2D eigenvalue weighted by molar-refractivity contribution is -0.136. The van der Waals surface area contributed by atoms with Gasteiger partial charge in [-0.2, -0.15) is 0 Å². The Balaban J connectivity index is 1.47. The van der Waals surface area contributed by atoms with Crippen LogP contribution in [0.2, 0.25) is 0 Å². The molecular weight excluding hydrogens is 442 g/mol. The first-order chi connectivity index (χ1) is 17.0. The number of anilines is 2. The Hall–Kier alpha value is -3.10. The Kier molecular flexibility index (Phi) is 8.25. The Labute approximate surface area is 208 Å². The van der Waals surface area contributed by atoms with Crippen molar-refractivity contribution < 1.29 is 14.3 Å². The highest BCUT2D eigenvalue weighted by Crippen LogP contribution is 2.31. The molecule has 0 unspecified atom stereocenters. The summed E-state index contributed by atoms with van der Waals surface area (Å²) in [6.45, 7) is 7.60. The van der Waals surface area contributed by atoms with Gasteiger partial charge in [-0.1, -0.05) is 24.3 Å². The van der Waals surface area contributed by atoms with Gasteiger partial charge in [-0.3, -0.25) is 14.5 Å². The number of likely N-dealkylation sites (N-methyl/N-ethyl adjacent to an activating group) is 1. The second-order valence-electron chi connectivity index (χ2n) is 9.36. The molecule has 2 heterocycles. The summed E-state index contributed by atoms with van der Waals surface area (Å²) in [5, 5.41) is 5.58. The number of para-hydroxylation sites is 2. The summed E-state index contributed by atoms with van der Waals surface area (Å²) < 4.78 is 5.55. The number of fused-ring (bicyclic) bond motifs is 1. The largest absolute Gasteiger partial charge is 0.492 e. The Morgan fingerprint density at radius 2 is 1.77 bits per heavy atom. The van der Waals surface area contributed by atoms with Gasteiger partial charge in [0.25, 0.3) is 0 Å². The molecule has 1 atom stereocenters. The van der Waals surface area contributed by atoms with Gasteiger partial charge in [-0.25, -0.2) is 0 Å². The van der Waals surface area contributed by atoms with E-state index in [0.717, 1.165) is 45.6 Å². The molecule has 0 bridgehead atoms. The third kappa shape index (κ3) is 6.13. The summed E-state index contributed by atoms with van der Waals surface area (Å²) in [6.07, 6.45) is 2.21. The van der Waals surface area contributed by atoms with Crippen LogP contribution in [0.1, 0.15) is 30.5 Å². The van der Waals surface area contributed by atoms with Crippen LogP contribution in [0, 0.1) is 0 Å². The number of rotatable bonds is 7. The van der Waals surface area contributed by atoms with Gasteiger partial charge >= 0.3 is 11.8 Å². The van der Waals surface area contributed by atoms with Gasteiger partial charge in [0.1, 0.15) is 5.75 Å². The van der Waals surface area contributed by atoms with E-state index in [1.807, 2.05) is 13.0 Å². The lowest BCUT2D eigenvalue weighted by Crippen LogP contribution is -2.49. The van der Waals surface area contributed by atoms with Crippen molar-refractivity contribution in [2.75, 3.05) is 70.2 Å². The molecule has 0 radical (unpaired) electrons. The molecule has 2 aliphatic rings. The lowest BCUT2D eigenvalue weighted by atomic mass is 9.95. The number of nitrogens with one attached hydrogen (secondary N) is 2. The van der Waals surface area contributed by atoms with Crippen LogP contribution in [0.15, 0.2) is 42.5 Å². The summed E-state index contributed by atoms with van der Waals surface area (Å²) in [5.41, 5.74) is 4.32. The van der Waals surface area contributed by atoms with Crippen LogP contribution < -0.4 is 20.3 Å². The quantitative estimate of drug-likeness (QED) is 0.595. The summed E-state index contributed by atoms with van der Waals surface area (Å²) in [4.78, 5) is 32.5. The van der Waals surface area contributed by atoms with Crippen molar-refractivity contribution in [2.24, 2.45) is 0 Å². The molecule has 2 aromatic rings. The Bertz CT molecular complexity index is 1040. The predicted octanol–water partition coefficient (Wildman–Crippen LogP) is 2.51. The van der Waals surface area contributed by atoms with Crippen LogP contribution >= 0.6 is 0 Å². The molecule has 2 aromatic carbocycles. The number of hydrogen-bond donors (Lipinski definition) is 2. The van der Waals surface area contributed by atoms with E-state index in [1.54, 1.807) is 18.2 Å². The number of amides is 2. The highest BCUT2D eigenvalue weighted by Gasteiger charge is 2.27. The minimum absolute atomic E-state index is 0.00805. The topological polar surface area (TPSA) is 77.1 Å². The van der Waals surface area contributed by atoms with Crippen molar-refractivity contribution >= 4 is 23.2 Å². The molecule has 8 heteroatoms. The maximum absolute atomic E-state index is 12.8. The van der Waals surface area contributed by atoms with Gasteiger partial charge in [0, 0.05) is 52.0 Å². The Morgan fingerprint density at radius 1 is 1.00 bits per heavy atom. The number of hydrogen-bond acceptors (Lipinski definition) is 6. The highest BCUT2D eigenvalue weighted by molar-refractivity contribution is 6.39. The van der Waals surface area contributed by atoms with E-state index in [0.29, 0.717) is 24.6 Å². The summed E-state index contributed by atoms with van der Waals surface area (Å²) in [5.74, 6) is -0.792. The van der Waals surface area contributed by atoms with Gasteiger partial charge in [0.05, 0.1) is 18.3 Å². The minimum Gasteiger partial charge on any atom is -0.492 e. The molecule has 0 aliphatic carbocycles. The van der Waals surface area contributed by atoms with Crippen LogP contribution in [-0.2, 0) is 16.0 Å². The molecule has 1 saturated heterocycles. The average molecular weight is 480 g/mol. The van der Waals surface area contributed by atoms with Crippen LogP contribution in [-0.4, -0.2) is 81.6 Å². The van der Waals surface area contributed by atoms with Crippen molar-refractivity contribution in [2.45, 2.75) is 25.8 Å². The number of carbonyl (C=O) groups excluding carboxylic acids is 2. The number of nitrogens with zero attached hydrogens (tertiary/aromatic N) is 3. The Morgan fingerprint density at radius 3 is 2.54 bits per heavy atom. The van der Waals surface area contributed by atoms with E-state index in [4.69, 9.17) is 4.74 Å². The van der Waals surface area contributed by atoms with Gasteiger partial charge in [0.2, 0.25) is 0 Å². The van der Waals surface area contributed by atoms with E-state index in [1.165, 1.54) is 16.8 Å². The number of benzene rings is 2. The van der Waals surface area contributed by atoms with E-state index >= 15 is 0 Å². The third-order valence-corrected chi connectivity index (χ3v) is 6.92. The SMILES string of the molecule is CCOc1ccccc1NC(=O)C(=O)NC[C@H](c1ccc2c(c1)CCCN2C)N1CCN(C)CC1. The van der Waals surface area contributed by atoms with E-state index in [2.05, 4.69) is 57.6 Å². The first kappa shape index (κ1) is 25.0. The molecule has 8 nitrogen and oxygen atoms in total. The molecule has 0 spiro atoms. The van der Waals surface area contributed by atoms with Crippen molar-refractivity contribution in [1.82, 2.24) is 15.1 Å². The highest BCUT2D eigenvalue weighted by atomic mass is 16.5. The molecule has 1 fully saturated rings. The average Bonchev–Trinajstić information content (AvgIpc) is 2.86. The molecule has 2 amide bonds. The number of carbonyl (C=O) groups is 2. The second-order valence-corrected chi connectivity index (χ2v) is 9.36. The van der Waals surface area contributed by atoms with Crippen LogP contribution in [0.4, 0.5) is 11.4 Å². The van der Waals surface area contributed by atoms with Crippen LogP contribution in [0.3, 0.4) is 0 Å². The van der Waals surface area contributed by atoms with Crippen LogP contribution in [0.25, 0.3) is 0 Å². The summed E-state index contributed by atoms with van der Waals surface area (Å²) in [6, 6.07) is 13.8. The number of aryl methyl sites for hydroxylation is 1. The van der Waals surface area contributed by atoms with Crippen molar-refractivity contribution in [3.05, 3.63) is 53.6 Å².